The number of hydrogen-bond donors (Lipinski definition) is 1. The van der Waals surface area contributed by atoms with E-state index in [-0.39, 0.29) is 5.41 Å². The largest absolute Gasteiger partial charge is 0.380 e. The molecule has 2 heterocycles. The van der Waals surface area contributed by atoms with Crippen LogP contribution in [0.1, 0.15) is 31.9 Å². The molecule has 3 nitrogen and oxygen atoms in total. The van der Waals surface area contributed by atoms with E-state index in [1.165, 1.54) is 0 Å². The maximum absolute atomic E-state index is 11.2. The van der Waals surface area contributed by atoms with Gasteiger partial charge in [-0.05, 0) is 17.5 Å². The summed E-state index contributed by atoms with van der Waals surface area (Å²) in [5.41, 5.74) is 0.102. The minimum atomic E-state index is -1.10. The summed E-state index contributed by atoms with van der Waals surface area (Å²) in [6, 6.07) is 7.46. The van der Waals surface area contributed by atoms with Gasteiger partial charge in [0, 0.05) is 35.9 Å². The first-order valence-corrected chi connectivity index (χ1v) is 5.99. The Morgan fingerprint density at radius 1 is 0.889 bits per heavy atom. The topological polar surface area (TPSA) is 46.0 Å². The lowest BCUT2D eigenvalue weighted by Gasteiger charge is -2.40. The quantitative estimate of drug-likeness (QED) is 0.880. The Hall–Kier alpha value is -1.74. The summed E-state index contributed by atoms with van der Waals surface area (Å²) in [5, 5.41) is 11.2. The molecule has 0 aromatic carbocycles. The number of aliphatic hydroxyl groups is 1. The van der Waals surface area contributed by atoms with E-state index >= 15 is 0 Å². The van der Waals surface area contributed by atoms with E-state index in [2.05, 4.69) is 9.97 Å². The number of hydrogen-bond acceptors (Lipinski definition) is 3. The van der Waals surface area contributed by atoms with Gasteiger partial charge in [-0.1, -0.05) is 32.9 Å². The van der Waals surface area contributed by atoms with Crippen LogP contribution >= 0.6 is 0 Å². The summed E-state index contributed by atoms with van der Waals surface area (Å²) in [7, 11) is 0. The first-order chi connectivity index (χ1) is 8.46. The SMILES string of the molecule is CC(C)(C)C(O)(c1cccnc1)c1cccnc1. The normalized spacial score (nSPS) is 12.4. The molecule has 94 valence electrons. The van der Waals surface area contributed by atoms with Crippen LogP contribution in [0.5, 0.6) is 0 Å². The van der Waals surface area contributed by atoms with Crippen molar-refractivity contribution in [1.29, 1.82) is 0 Å². The van der Waals surface area contributed by atoms with Gasteiger partial charge in [-0.25, -0.2) is 0 Å². The van der Waals surface area contributed by atoms with Gasteiger partial charge in [-0.3, -0.25) is 9.97 Å². The fourth-order valence-electron chi connectivity index (χ4n) is 2.19. The van der Waals surface area contributed by atoms with Gasteiger partial charge in [0.2, 0.25) is 0 Å². The van der Waals surface area contributed by atoms with E-state index in [1.807, 2.05) is 45.0 Å². The summed E-state index contributed by atoms with van der Waals surface area (Å²) in [6.07, 6.45) is 6.82. The number of pyridine rings is 2. The molecule has 0 fully saturated rings. The summed E-state index contributed by atoms with van der Waals surface area (Å²) < 4.78 is 0. The van der Waals surface area contributed by atoms with E-state index in [9.17, 15) is 5.11 Å². The van der Waals surface area contributed by atoms with Crippen molar-refractivity contribution in [3.8, 4) is 0 Å². The van der Waals surface area contributed by atoms with Crippen LogP contribution < -0.4 is 0 Å². The lowest BCUT2D eigenvalue weighted by molar-refractivity contribution is -0.0264. The van der Waals surface area contributed by atoms with E-state index in [4.69, 9.17) is 0 Å². The Kier molecular flexibility index (Phi) is 3.18. The lowest BCUT2D eigenvalue weighted by atomic mass is 9.69. The van der Waals surface area contributed by atoms with Crippen LogP contribution in [0.3, 0.4) is 0 Å². The average Bonchev–Trinajstić information content (AvgIpc) is 2.38. The van der Waals surface area contributed by atoms with Crippen molar-refractivity contribution < 1.29 is 5.11 Å². The molecule has 0 unspecified atom stereocenters. The van der Waals surface area contributed by atoms with E-state index in [0.717, 1.165) is 11.1 Å². The maximum Gasteiger partial charge on any atom is 0.122 e. The Bertz CT molecular complexity index is 464. The van der Waals surface area contributed by atoms with Crippen molar-refractivity contribution in [2.45, 2.75) is 26.4 Å². The molecule has 0 radical (unpaired) electrons. The van der Waals surface area contributed by atoms with Crippen molar-refractivity contribution in [2.75, 3.05) is 0 Å². The molecule has 0 spiro atoms. The maximum atomic E-state index is 11.2. The zero-order valence-corrected chi connectivity index (χ0v) is 11.0. The Labute approximate surface area is 108 Å². The molecule has 0 aliphatic heterocycles. The highest BCUT2D eigenvalue weighted by molar-refractivity contribution is 5.35. The van der Waals surface area contributed by atoms with Crippen LogP contribution in [0.25, 0.3) is 0 Å². The van der Waals surface area contributed by atoms with E-state index < -0.39 is 5.60 Å². The average molecular weight is 242 g/mol. The second-order valence-electron chi connectivity index (χ2n) is 5.44. The Morgan fingerprint density at radius 3 is 1.61 bits per heavy atom. The summed E-state index contributed by atoms with van der Waals surface area (Å²) in [4.78, 5) is 8.22. The third kappa shape index (κ3) is 2.02. The highest BCUT2D eigenvalue weighted by Crippen LogP contribution is 2.43. The van der Waals surface area contributed by atoms with Crippen LogP contribution in [0.4, 0.5) is 0 Å². The zero-order chi connectivity index (χ0) is 13.2. The van der Waals surface area contributed by atoms with Crippen molar-refractivity contribution in [3.05, 3.63) is 60.2 Å². The van der Waals surface area contributed by atoms with Gasteiger partial charge in [-0.2, -0.15) is 0 Å². The molecule has 2 rings (SSSR count). The fraction of sp³-hybridized carbons (Fsp3) is 0.333. The molecule has 0 saturated carbocycles. The second kappa shape index (κ2) is 4.50. The number of nitrogens with zero attached hydrogens (tertiary/aromatic N) is 2. The predicted octanol–water partition coefficient (Wildman–Crippen LogP) is 2.76. The first-order valence-electron chi connectivity index (χ1n) is 5.99. The molecule has 0 saturated heterocycles. The standard InChI is InChI=1S/C15H18N2O/c1-14(2,3)15(18,12-6-4-8-16-10-12)13-7-5-9-17-11-13/h4-11,18H,1-3H3. The van der Waals surface area contributed by atoms with Gasteiger partial charge < -0.3 is 5.11 Å². The van der Waals surface area contributed by atoms with Crippen LogP contribution in [-0.2, 0) is 5.60 Å². The van der Waals surface area contributed by atoms with Crippen molar-refractivity contribution in [2.24, 2.45) is 5.41 Å². The first kappa shape index (κ1) is 12.7. The van der Waals surface area contributed by atoms with Crippen molar-refractivity contribution >= 4 is 0 Å². The third-order valence-corrected chi connectivity index (χ3v) is 3.24. The molecule has 0 amide bonds. The minimum Gasteiger partial charge on any atom is -0.380 e. The lowest BCUT2D eigenvalue weighted by Crippen LogP contribution is -2.41. The Balaban J connectivity index is 2.63. The predicted molar refractivity (Wildman–Crippen MR) is 70.9 cm³/mol. The molecule has 2 aromatic heterocycles. The van der Waals surface area contributed by atoms with Gasteiger partial charge in [-0.15, -0.1) is 0 Å². The molecular weight excluding hydrogens is 224 g/mol. The van der Waals surface area contributed by atoms with Crippen LogP contribution in [0.15, 0.2) is 49.1 Å². The van der Waals surface area contributed by atoms with Gasteiger partial charge in [0.05, 0.1) is 0 Å². The summed E-state index contributed by atoms with van der Waals surface area (Å²) in [5.74, 6) is 0. The van der Waals surface area contributed by atoms with Crippen LogP contribution in [0, 0.1) is 5.41 Å². The molecule has 1 N–H and O–H groups in total. The van der Waals surface area contributed by atoms with Crippen molar-refractivity contribution in [3.63, 3.8) is 0 Å². The molecule has 0 aliphatic rings. The summed E-state index contributed by atoms with van der Waals surface area (Å²) >= 11 is 0. The zero-order valence-electron chi connectivity index (χ0n) is 11.0. The molecule has 0 bridgehead atoms. The van der Waals surface area contributed by atoms with E-state index in [0.29, 0.717) is 0 Å². The van der Waals surface area contributed by atoms with Crippen LogP contribution in [-0.4, -0.2) is 15.1 Å². The monoisotopic (exact) mass is 242 g/mol. The Morgan fingerprint density at radius 2 is 1.33 bits per heavy atom. The smallest absolute Gasteiger partial charge is 0.122 e. The van der Waals surface area contributed by atoms with Gasteiger partial charge in [0.15, 0.2) is 0 Å². The van der Waals surface area contributed by atoms with Gasteiger partial charge in [0.25, 0.3) is 0 Å². The van der Waals surface area contributed by atoms with Gasteiger partial charge >= 0.3 is 0 Å². The third-order valence-electron chi connectivity index (χ3n) is 3.24. The molecular formula is C15H18N2O. The minimum absolute atomic E-state index is 0.362. The number of rotatable bonds is 2. The molecule has 2 aromatic rings. The highest BCUT2D eigenvalue weighted by Gasteiger charge is 2.43. The number of aromatic nitrogens is 2. The molecule has 18 heavy (non-hydrogen) atoms. The van der Waals surface area contributed by atoms with Gasteiger partial charge in [0.1, 0.15) is 5.60 Å². The molecule has 3 heteroatoms. The van der Waals surface area contributed by atoms with E-state index in [1.54, 1.807) is 24.8 Å². The second-order valence-corrected chi connectivity index (χ2v) is 5.44. The molecule has 0 atom stereocenters. The summed E-state index contributed by atoms with van der Waals surface area (Å²) in [6.45, 7) is 6.02. The fourth-order valence-corrected chi connectivity index (χ4v) is 2.19. The van der Waals surface area contributed by atoms with Crippen LogP contribution in [0.2, 0.25) is 0 Å². The highest BCUT2D eigenvalue weighted by atomic mass is 16.3. The molecule has 0 aliphatic carbocycles. The van der Waals surface area contributed by atoms with Crippen molar-refractivity contribution in [1.82, 2.24) is 9.97 Å².